The van der Waals surface area contributed by atoms with E-state index in [1.807, 2.05) is 0 Å². The molecule has 1 aliphatic rings. The molecule has 0 aliphatic carbocycles. The van der Waals surface area contributed by atoms with Crippen molar-refractivity contribution in [3.05, 3.63) is 36.7 Å². The molecule has 1 aromatic heterocycles. The van der Waals surface area contributed by atoms with E-state index in [1.165, 1.54) is 32.2 Å². The van der Waals surface area contributed by atoms with E-state index in [1.54, 1.807) is 0 Å². The summed E-state index contributed by atoms with van der Waals surface area (Å²) in [4.78, 5) is 34.1. The Morgan fingerprint density at radius 3 is 2.48 bits per heavy atom. The van der Waals surface area contributed by atoms with Crippen LogP contribution in [0.5, 0.6) is 5.75 Å². The van der Waals surface area contributed by atoms with Crippen molar-refractivity contribution in [2.75, 3.05) is 18.5 Å². The van der Waals surface area contributed by atoms with E-state index in [0.29, 0.717) is 11.3 Å². The Bertz CT molecular complexity index is 982. The summed E-state index contributed by atoms with van der Waals surface area (Å²) in [5, 5.41) is 9.29. The maximum absolute atomic E-state index is 14.3. The number of carboxylic acid groups (broad SMARTS) is 1. The molecule has 1 aromatic carbocycles. The molecule has 2 heterocycles. The minimum absolute atomic E-state index is 0.114. The van der Waals surface area contributed by atoms with Crippen molar-refractivity contribution in [1.82, 2.24) is 14.9 Å². The zero-order valence-electron chi connectivity index (χ0n) is 16.4. The molecule has 3 rings (SSSR count). The molecule has 2 aromatic rings. The van der Waals surface area contributed by atoms with Gasteiger partial charge in [-0.1, -0.05) is 0 Å². The number of ether oxygens (including phenoxy) is 1. The van der Waals surface area contributed by atoms with Crippen LogP contribution in [0.15, 0.2) is 36.7 Å². The fourth-order valence-electron chi connectivity index (χ4n) is 3.32. The van der Waals surface area contributed by atoms with Crippen molar-refractivity contribution in [1.29, 1.82) is 0 Å². The predicted octanol–water partition coefficient (Wildman–Crippen LogP) is 3.49. The van der Waals surface area contributed by atoms with E-state index >= 15 is 0 Å². The number of alkyl halides is 4. The quantitative estimate of drug-likeness (QED) is 0.729. The van der Waals surface area contributed by atoms with Crippen LogP contribution in [0.2, 0.25) is 0 Å². The lowest BCUT2D eigenvalue weighted by atomic mass is 10.0. The first-order valence-corrected chi connectivity index (χ1v) is 9.00. The van der Waals surface area contributed by atoms with Crippen LogP contribution in [-0.4, -0.2) is 63.6 Å². The summed E-state index contributed by atoms with van der Waals surface area (Å²) in [6.07, 6.45) is -5.36. The van der Waals surface area contributed by atoms with Crippen molar-refractivity contribution in [2.45, 2.75) is 31.4 Å². The number of anilines is 1. The predicted molar refractivity (Wildman–Crippen MR) is 100 cm³/mol. The largest absolute Gasteiger partial charge is 0.573 e. The standard InChI is InChI=1S/C19H18F4N4O4/c1-18(20)8-14(27(9-18)17(29)30)16(28)26(2)15-7-13(24-10-25-15)11-3-5-12(6-4-11)31-19(21,22)23/h3-7,10,14H,8-9H2,1-2H3,(H,29,30). The monoisotopic (exact) mass is 442 g/mol. The maximum atomic E-state index is 14.3. The Morgan fingerprint density at radius 2 is 1.90 bits per heavy atom. The zero-order valence-corrected chi connectivity index (χ0v) is 16.4. The Labute approximate surface area is 174 Å². The van der Waals surface area contributed by atoms with Gasteiger partial charge in [0.25, 0.3) is 5.91 Å². The van der Waals surface area contributed by atoms with Gasteiger partial charge in [-0.05, 0) is 31.2 Å². The van der Waals surface area contributed by atoms with Crippen molar-refractivity contribution >= 4 is 17.8 Å². The highest BCUT2D eigenvalue weighted by Crippen LogP contribution is 2.32. The molecule has 1 fully saturated rings. The molecule has 1 N–H and O–H groups in total. The number of carbonyl (C=O) groups is 2. The van der Waals surface area contributed by atoms with E-state index in [0.717, 1.165) is 28.3 Å². The number of carbonyl (C=O) groups excluding carboxylic acids is 1. The molecule has 31 heavy (non-hydrogen) atoms. The lowest BCUT2D eigenvalue weighted by molar-refractivity contribution is -0.274. The van der Waals surface area contributed by atoms with E-state index in [4.69, 9.17) is 0 Å². The molecule has 2 amide bonds. The first-order chi connectivity index (χ1) is 14.4. The second-order valence-electron chi connectivity index (χ2n) is 7.27. The minimum atomic E-state index is -4.81. The van der Waals surface area contributed by atoms with E-state index in [2.05, 4.69) is 14.7 Å². The number of hydrogen-bond donors (Lipinski definition) is 1. The van der Waals surface area contributed by atoms with E-state index in [9.17, 15) is 32.3 Å². The second kappa shape index (κ2) is 8.00. The van der Waals surface area contributed by atoms with Gasteiger partial charge < -0.3 is 9.84 Å². The van der Waals surface area contributed by atoms with Gasteiger partial charge in [0.05, 0.1) is 12.2 Å². The number of nitrogens with zero attached hydrogens (tertiary/aromatic N) is 4. The van der Waals surface area contributed by atoms with Gasteiger partial charge in [-0.3, -0.25) is 14.6 Å². The van der Waals surface area contributed by atoms with Gasteiger partial charge in [0.1, 0.15) is 29.6 Å². The van der Waals surface area contributed by atoms with Crippen molar-refractivity contribution in [3.63, 3.8) is 0 Å². The fraction of sp³-hybridized carbons (Fsp3) is 0.368. The summed E-state index contributed by atoms with van der Waals surface area (Å²) in [7, 11) is 1.36. The molecule has 0 spiro atoms. The van der Waals surface area contributed by atoms with Crippen molar-refractivity contribution < 1.29 is 37.0 Å². The highest BCUT2D eigenvalue weighted by atomic mass is 19.4. The van der Waals surface area contributed by atoms with Gasteiger partial charge in [0.2, 0.25) is 0 Å². The van der Waals surface area contributed by atoms with Crippen LogP contribution in [0, 0.1) is 0 Å². The molecule has 8 nitrogen and oxygen atoms in total. The molecule has 2 atom stereocenters. The van der Waals surface area contributed by atoms with Crippen LogP contribution < -0.4 is 9.64 Å². The van der Waals surface area contributed by atoms with E-state index in [-0.39, 0.29) is 12.2 Å². The summed E-state index contributed by atoms with van der Waals surface area (Å²) in [6.45, 7) is 0.805. The van der Waals surface area contributed by atoms with Crippen LogP contribution in [0.4, 0.5) is 28.2 Å². The topological polar surface area (TPSA) is 95.9 Å². The third-order valence-corrected chi connectivity index (χ3v) is 4.74. The second-order valence-corrected chi connectivity index (χ2v) is 7.27. The highest BCUT2D eigenvalue weighted by Gasteiger charge is 2.47. The first kappa shape index (κ1) is 22.2. The first-order valence-electron chi connectivity index (χ1n) is 9.00. The van der Waals surface area contributed by atoms with Gasteiger partial charge in [-0.25, -0.2) is 19.2 Å². The van der Waals surface area contributed by atoms with Gasteiger partial charge in [0, 0.05) is 25.1 Å². The highest BCUT2D eigenvalue weighted by molar-refractivity contribution is 5.98. The molecule has 0 radical (unpaired) electrons. The smallest absolute Gasteiger partial charge is 0.465 e. The number of amides is 2. The van der Waals surface area contributed by atoms with Gasteiger partial charge in [0.15, 0.2) is 0 Å². The van der Waals surface area contributed by atoms with Crippen molar-refractivity contribution in [2.24, 2.45) is 0 Å². The molecule has 12 heteroatoms. The number of benzene rings is 1. The van der Waals surface area contributed by atoms with Gasteiger partial charge in [-0.2, -0.15) is 0 Å². The number of likely N-dealkylation sites (tertiary alicyclic amines) is 1. The molecule has 1 saturated heterocycles. The van der Waals surface area contributed by atoms with E-state index < -0.39 is 42.4 Å². The fourth-order valence-corrected chi connectivity index (χ4v) is 3.32. The maximum Gasteiger partial charge on any atom is 0.573 e. The zero-order chi connectivity index (χ0) is 23.0. The van der Waals surface area contributed by atoms with Crippen LogP contribution in [0.3, 0.4) is 0 Å². The Balaban J connectivity index is 1.81. The number of aromatic nitrogens is 2. The molecular weight excluding hydrogens is 424 g/mol. The SMILES string of the molecule is CN(C(=O)C1CC(C)(F)CN1C(=O)O)c1cc(-c2ccc(OC(F)(F)F)cc2)ncn1. The molecule has 2 unspecified atom stereocenters. The molecule has 1 aliphatic heterocycles. The number of likely N-dealkylation sites (N-methyl/N-ethyl adjacent to an activating group) is 1. The molecule has 0 bridgehead atoms. The lowest BCUT2D eigenvalue weighted by Crippen LogP contribution is -2.46. The normalized spacial score (nSPS) is 21.1. The Morgan fingerprint density at radius 1 is 1.26 bits per heavy atom. The average molecular weight is 442 g/mol. The van der Waals surface area contributed by atoms with Crippen LogP contribution in [-0.2, 0) is 4.79 Å². The molecule has 0 saturated carbocycles. The minimum Gasteiger partial charge on any atom is -0.465 e. The van der Waals surface area contributed by atoms with Gasteiger partial charge >= 0.3 is 12.5 Å². The summed E-state index contributed by atoms with van der Waals surface area (Å²) in [5.41, 5.74) is -1.10. The number of hydrogen-bond acceptors (Lipinski definition) is 5. The van der Waals surface area contributed by atoms with Crippen molar-refractivity contribution in [3.8, 4) is 17.0 Å². The molecule has 166 valence electrons. The lowest BCUT2D eigenvalue weighted by Gasteiger charge is -2.25. The van der Waals surface area contributed by atoms with Crippen LogP contribution in [0.1, 0.15) is 13.3 Å². The Hall–Kier alpha value is -3.44. The average Bonchev–Trinajstić information content (AvgIpc) is 3.02. The summed E-state index contributed by atoms with van der Waals surface area (Å²) in [6, 6.07) is 5.14. The number of halogens is 4. The third-order valence-electron chi connectivity index (χ3n) is 4.74. The summed E-state index contributed by atoms with van der Waals surface area (Å²) >= 11 is 0. The third kappa shape index (κ3) is 5.19. The number of rotatable bonds is 4. The van der Waals surface area contributed by atoms with Crippen LogP contribution >= 0.6 is 0 Å². The summed E-state index contributed by atoms with van der Waals surface area (Å²) in [5.74, 6) is -0.951. The van der Waals surface area contributed by atoms with Gasteiger partial charge in [-0.15, -0.1) is 13.2 Å². The van der Waals surface area contributed by atoms with Crippen LogP contribution in [0.25, 0.3) is 11.3 Å². The Kier molecular flexibility index (Phi) is 5.74. The summed E-state index contributed by atoms with van der Waals surface area (Å²) < 4.78 is 55.0. The molecular formula is C19H18F4N4O4.